The number of aromatic amines is 6. The number of rotatable bonds is 21. The summed E-state index contributed by atoms with van der Waals surface area (Å²) < 4.78 is 39.8. The molecule has 12 rings (SSSR count). The maximum atomic E-state index is 12.0. The summed E-state index contributed by atoms with van der Waals surface area (Å²) >= 11 is 27.3. The number of sulfonamides is 1. The number of anilines is 6. The van der Waals surface area contributed by atoms with Gasteiger partial charge in [-0.3, -0.25) is 38.9 Å². The van der Waals surface area contributed by atoms with Crippen molar-refractivity contribution in [2.45, 2.75) is 129 Å². The van der Waals surface area contributed by atoms with Crippen molar-refractivity contribution in [2.24, 2.45) is 5.73 Å². The molecule has 4 fully saturated rings. The second-order valence-electron chi connectivity index (χ2n) is 22.2. The summed E-state index contributed by atoms with van der Waals surface area (Å²) in [6.07, 6.45) is 14.5. The van der Waals surface area contributed by atoms with Crippen molar-refractivity contribution in [2.75, 3.05) is 77.9 Å². The zero-order valence-corrected chi connectivity index (χ0v) is 63.4. The van der Waals surface area contributed by atoms with E-state index >= 15 is 0 Å². The van der Waals surface area contributed by atoms with Gasteiger partial charge in [0.2, 0.25) is 31.8 Å². The number of piperazine rings is 1. The van der Waals surface area contributed by atoms with Crippen molar-refractivity contribution in [3.63, 3.8) is 0 Å². The molecule has 0 bridgehead atoms. The highest BCUT2D eigenvalue weighted by Gasteiger charge is 2.29. The Bertz CT molecular complexity index is 5000. The number of nitrogens with two attached hydrogens (primary N) is 1. The summed E-state index contributed by atoms with van der Waals surface area (Å²) in [5.74, 6) is -3.00. The van der Waals surface area contributed by atoms with Crippen LogP contribution in [0.5, 0.6) is 0 Å². The van der Waals surface area contributed by atoms with Gasteiger partial charge in [-0.2, -0.15) is 19.3 Å². The van der Waals surface area contributed by atoms with Crippen molar-refractivity contribution < 1.29 is 66.4 Å². The molecule has 3 aliphatic carbocycles. The highest BCUT2D eigenvalue weighted by atomic mass is 35.5. The number of hydrogen-bond donors (Lipinski definition) is 13. The maximum Gasteiger partial charge on any atom is 0.345 e. The van der Waals surface area contributed by atoms with E-state index in [-0.39, 0.29) is 125 Å². The second kappa shape index (κ2) is 51.5. The number of ether oxygens (including phenoxy) is 3. The van der Waals surface area contributed by atoms with Crippen LogP contribution in [-0.2, 0) is 24.2 Å². The highest BCUT2D eigenvalue weighted by molar-refractivity contribution is 7.89. The molecule has 1 aliphatic heterocycles. The third-order valence-electron chi connectivity index (χ3n) is 14.1. The lowest BCUT2D eigenvalue weighted by molar-refractivity contribution is 0.0514. The Hall–Kier alpha value is -11.3. The molecule has 1 aromatic carbocycles. The molecule has 0 unspecified atom stereocenters. The first kappa shape index (κ1) is 107. The average Bonchev–Trinajstić information content (AvgIpc) is 1.33. The molecule has 638 valence electrons. The second-order valence-corrected chi connectivity index (χ2v) is 26.2. The fraction of sp³-hybridized carbons (Fsp3) is 0.397. The van der Waals surface area contributed by atoms with Gasteiger partial charge in [-0.1, -0.05) is 56.2 Å². The van der Waals surface area contributed by atoms with Crippen molar-refractivity contribution in [3.8, 4) is 0 Å². The monoisotopic (exact) mass is 1770 g/mol. The molecule has 3 saturated carbocycles. The number of esters is 3. The summed E-state index contributed by atoms with van der Waals surface area (Å²) in [6, 6.07) is 8.85. The van der Waals surface area contributed by atoms with Crippen LogP contribution in [0.2, 0.25) is 21.0 Å². The number of aromatic carboxylic acids is 2. The molecule has 14 N–H and O–H groups in total. The van der Waals surface area contributed by atoms with Crippen molar-refractivity contribution in [1.82, 2.24) is 74.1 Å². The molecule has 8 heterocycles. The maximum absolute atomic E-state index is 12.0. The van der Waals surface area contributed by atoms with Gasteiger partial charge in [0.05, 0.1) is 31.1 Å². The molecule has 0 atom stereocenters. The van der Waals surface area contributed by atoms with E-state index in [1.54, 1.807) is 37.0 Å². The first-order valence-corrected chi connectivity index (χ1v) is 35.7. The summed E-state index contributed by atoms with van der Waals surface area (Å²) in [5, 5.41) is 28.9. The largest absolute Gasteiger partial charge is 0.477 e. The lowest BCUT2D eigenvalue weighted by atomic mass is 10.2. The number of benzene rings is 1. The minimum atomic E-state index is -3.14. The lowest BCUT2D eigenvalue weighted by Gasteiger charge is -2.35. The van der Waals surface area contributed by atoms with Crippen molar-refractivity contribution >= 4 is 156 Å². The van der Waals surface area contributed by atoms with Gasteiger partial charge in [-0.25, -0.2) is 71.7 Å². The topological polar surface area (TPSA) is 603 Å². The number of aromatic nitrogens is 14. The quantitative estimate of drug-likeness (QED) is 0.0106. The number of H-pyrrole nitrogens is 6. The molecule has 8 aromatic rings. The fourth-order valence-electron chi connectivity index (χ4n) is 8.32. The number of nitrogens with zero attached hydrogens (tertiary/aromatic N) is 10. The van der Waals surface area contributed by atoms with Crippen molar-refractivity contribution in [1.29, 1.82) is 0 Å². The summed E-state index contributed by atoms with van der Waals surface area (Å²) in [6.45, 7) is 9.81. The van der Waals surface area contributed by atoms with Gasteiger partial charge in [-0.15, -0.1) is 12.4 Å². The van der Waals surface area contributed by atoms with Crippen LogP contribution in [0.25, 0.3) is 0 Å². The van der Waals surface area contributed by atoms with Crippen LogP contribution in [0.1, 0.15) is 183 Å². The molecule has 7 aromatic heterocycles. The standard InChI is InChI=1S/C20H27N7O3S.C10H12ClN3O2.C8H8ClN3O2.C7H6Cl2N2O2.C7H8N2O4.C5H3ClN2O3.C5H4N2O4.6CH4.ClH/c1-2-31(29,30)27-11-9-26(10-12-27)16-7-5-15(6-8-16)24-20-22-13-17(18(21)28)19(25-20)23-14-3-4-14;1-2-16-9(15)7-5-12-10(11)14-8(7)13-6-3-4-6;9-8-10-3-5(7(13)14)6(12-8)11-4-1-2-4;1-2-13-6(12)4-3-10-7(9)11-5(4)8;1-2-13-6(11)4-3-8-7(12)9-5(4)10;6-3(9)2-1-7-5(11)8-4(2)10;8-3-2(4(9)10)1-6-5(11)7-3;;;;;;;/h5-8,13-14H,2-4,9-12H2,1H3,(H2,21,28)(H2,22,23,24,25);5-6H,2-4H2,1H3,(H,12,13,14);3-4H,1-2H2,(H,13,14)(H,10,11,12);3H,2H2,1H3;3H,2H2,1H3,(H2,8,9,10,12);1H,(H2,7,8,10,11);1H,(H,9,10)(H2,6,7,8,11);6*1H4;1H. The van der Waals surface area contributed by atoms with Gasteiger partial charge in [-0.05, 0) is 137 Å². The third kappa shape index (κ3) is 34.8. The summed E-state index contributed by atoms with van der Waals surface area (Å²) in [7, 11) is -3.14. The number of primary amides is 1. The first-order chi connectivity index (χ1) is 51.7. The highest BCUT2D eigenvalue weighted by Crippen LogP contribution is 2.30. The lowest BCUT2D eigenvalue weighted by Crippen LogP contribution is -2.49. The SMILES string of the molecule is C.C.C.C.C.C.CCOC(=O)c1c[nH]c(=O)[nH]c1=O.CCOC(=O)c1cnc(Cl)nc1Cl.CCOC(=O)c1cnc(Cl)nc1NC1CC1.CCS(=O)(=O)N1CCN(c2ccc(Nc3ncc(C(N)=O)c(NC4CC4)n3)cc2)CC1.Cl.O=C(Cl)c1c[nH]c(=O)[nH]c1=O.O=C(O)c1c[nH]c(=O)[nH]c1=O.O=C(O)c1cnc(Cl)nc1NC1CC1. The van der Waals surface area contributed by atoms with Gasteiger partial charge in [0.15, 0.2) is 0 Å². The van der Waals surface area contributed by atoms with E-state index in [1.165, 1.54) is 24.8 Å². The Morgan fingerprint density at radius 3 is 1.24 bits per heavy atom. The fourth-order valence-corrected chi connectivity index (χ4v) is 10.2. The predicted octanol–water partition coefficient (Wildman–Crippen LogP) is 8.29. The zero-order chi connectivity index (χ0) is 80.2. The van der Waals surface area contributed by atoms with Crippen LogP contribution in [0.4, 0.5) is 34.8 Å². The molecule has 48 heteroatoms. The van der Waals surface area contributed by atoms with E-state index in [0.29, 0.717) is 79.9 Å². The van der Waals surface area contributed by atoms with E-state index < -0.39 is 90.3 Å². The van der Waals surface area contributed by atoms with Gasteiger partial charge < -0.3 is 71.3 Å². The van der Waals surface area contributed by atoms with E-state index in [2.05, 4.69) is 80.7 Å². The third-order valence-corrected chi connectivity index (χ3v) is 17.1. The Labute approximate surface area is 695 Å². The molecule has 1 amide bonds. The Kier molecular flexibility index (Phi) is 47.4. The number of halogens is 6. The molecule has 41 nitrogen and oxygen atoms in total. The molecule has 0 spiro atoms. The number of carboxylic acid groups (broad SMARTS) is 2. The summed E-state index contributed by atoms with van der Waals surface area (Å²) in [5.41, 5.74) is 2.60. The Balaban J connectivity index is 0. The molecule has 4 aliphatic rings. The van der Waals surface area contributed by atoms with E-state index in [1.807, 2.05) is 39.2 Å². The van der Waals surface area contributed by atoms with Gasteiger partial charge in [0, 0.05) is 99.1 Å². The smallest absolute Gasteiger partial charge is 0.345 e. The molecular weight excluding hydrogens is 1680 g/mol. The Morgan fingerprint density at radius 2 is 0.862 bits per heavy atom. The number of nitrogens with one attached hydrogen (secondary N) is 10. The minimum absolute atomic E-state index is 0. The number of amides is 1. The number of hydrogen-bond acceptors (Lipinski definition) is 31. The Morgan fingerprint density at radius 1 is 0.500 bits per heavy atom. The molecule has 116 heavy (non-hydrogen) atoms. The van der Waals surface area contributed by atoms with Crippen LogP contribution in [0, 0.1) is 0 Å². The van der Waals surface area contributed by atoms with Crippen LogP contribution in [-0.4, -0.2) is 204 Å². The van der Waals surface area contributed by atoms with Gasteiger partial charge in [0.25, 0.3) is 27.8 Å². The van der Waals surface area contributed by atoms with Crippen LogP contribution in [0.15, 0.2) is 96.4 Å². The van der Waals surface area contributed by atoms with E-state index in [4.69, 9.17) is 83.4 Å². The predicted molar refractivity (Wildman–Crippen MR) is 442 cm³/mol. The number of carbonyl (C=O) groups is 7. The van der Waals surface area contributed by atoms with Crippen molar-refractivity contribution in [3.05, 3.63) is 190 Å². The number of carboxylic acids is 2. The summed E-state index contributed by atoms with van der Waals surface area (Å²) in [4.78, 5) is 185. The minimum Gasteiger partial charge on any atom is -0.477 e. The number of carbonyl (C=O) groups excluding carboxylic acids is 5. The van der Waals surface area contributed by atoms with Gasteiger partial charge >= 0.3 is 46.9 Å². The average molecular weight is 1770 g/mol. The van der Waals surface area contributed by atoms with E-state index in [9.17, 15) is 70.7 Å². The van der Waals surface area contributed by atoms with Crippen LogP contribution >= 0.6 is 70.4 Å². The van der Waals surface area contributed by atoms with E-state index in [0.717, 1.165) is 68.5 Å². The van der Waals surface area contributed by atoms with Gasteiger partial charge in [0.1, 0.15) is 56.0 Å². The van der Waals surface area contributed by atoms with Crippen LogP contribution < -0.4 is 65.6 Å². The molecular formula is C68H93Cl6N21O20S. The molecule has 1 saturated heterocycles. The first-order valence-electron chi connectivity index (χ1n) is 32.2. The zero-order valence-electron chi connectivity index (χ0n) is 58.0. The molecule has 0 radical (unpaired) electrons. The normalized spacial score (nSPS) is 12.5. The van der Waals surface area contributed by atoms with Crippen LogP contribution in [0.3, 0.4) is 0 Å².